The van der Waals surface area contributed by atoms with Crippen molar-refractivity contribution in [3.63, 3.8) is 0 Å². The second-order valence-electron chi connectivity index (χ2n) is 5.27. The van der Waals surface area contributed by atoms with E-state index in [2.05, 4.69) is 35.5 Å². The summed E-state index contributed by atoms with van der Waals surface area (Å²) >= 11 is 0. The van der Waals surface area contributed by atoms with Crippen molar-refractivity contribution in [2.75, 3.05) is 26.8 Å². The summed E-state index contributed by atoms with van der Waals surface area (Å²) in [5.74, 6) is 1.80. The summed E-state index contributed by atoms with van der Waals surface area (Å²) in [5, 5.41) is 6.57. The lowest BCUT2D eigenvalue weighted by Crippen LogP contribution is -2.44. The molecule has 116 valence electrons. The fourth-order valence-corrected chi connectivity index (χ4v) is 2.39. The van der Waals surface area contributed by atoms with E-state index in [1.54, 1.807) is 7.11 Å². The third-order valence-electron chi connectivity index (χ3n) is 3.31. The summed E-state index contributed by atoms with van der Waals surface area (Å²) in [4.78, 5) is 4.61. The highest BCUT2D eigenvalue weighted by atomic mass is 16.5. The van der Waals surface area contributed by atoms with Crippen molar-refractivity contribution in [1.29, 1.82) is 0 Å². The molecule has 0 spiro atoms. The van der Waals surface area contributed by atoms with Crippen LogP contribution in [0.2, 0.25) is 0 Å². The molecule has 0 amide bonds. The van der Waals surface area contributed by atoms with Gasteiger partial charge in [-0.3, -0.25) is 0 Å². The summed E-state index contributed by atoms with van der Waals surface area (Å²) in [6.07, 6.45) is 1.04. The Morgan fingerprint density at radius 1 is 1.48 bits per heavy atom. The quantitative estimate of drug-likeness (QED) is 0.617. The first-order valence-electron chi connectivity index (χ1n) is 7.51. The molecular weight excluding hydrogens is 266 g/mol. The zero-order chi connectivity index (χ0) is 15.1. The van der Waals surface area contributed by atoms with E-state index in [9.17, 15) is 0 Å². The lowest BCUT2D eigenvalue weighted by atomic mass is 10.1. The first-order valence-corrected chi connectivity index (χ1v) is 7.51. The molecule has 2 atom stereocenters. The summed E-state index contributed by atoms with van der Waals surface area (Å²) in [6.45, 7) is 6.25. The van der Waals surface area contributed by atoms with Gasteiger partial charge < -0.3 is 20.1 Å². The van der Waals surface area contributed by atoms with Gasteiger partial charge in [-0.05, 0) is 25.5 Å². The molecule has 0 radical (unpaired) electrons. The maximum Gasteiger partial charge on any atom is 0.191 e. The molecule has 5 heteroatoms. The first kappa shape index (κ1) is 15.6. The second-order valence-corrected chi connectivity index (χ2v) is 5.27. The van der Waals surface area contributed by atoms with Gasteiger partial charge in [0.25, 0.3) is 0 Å². The van der Waals surface area contributed by atoms with Crippen LogP contribution in [0.3, 0.4) is 0 Å². The van der Waals surface area contributed by atoms with E-state index in [0.29, 0.717) is 13.2 Å². The number of rotatable bonds is 6. The molecule has 1 aliphatic rings. The molecule has 0 bridgehead atoms. The Kier molecular flexibility index (Phi) is 5.87. The van der Waals surface area contributed by atoms with Crippen molar-refractivity contribution in [3.8, 4) is 5.75 Å². The van der Waals surface area contributed by atoms with Crippen molar-refractivity contribution in [2.45, 2.75) is 32.4 Å². The number of nitrogens with zero attached hydrogens (tertiary/aromatic N) is 1. The number of aliphatic imine (C=N–C) groups is 1. The molecule has 0 aliphatic carbocycles. The number of ether oxygens (including phenoxy) is 2. The van der Waals surface area contributed by atoms with Crippen molar-refractivity contribution in [3.05, 3.63) is 29.8 Å². The Morgan fingerprint density at radius 2 is 2.29 bits per heavy atom. The summed E-state index contributed by atoms with van der Waals surface area (Å²) in [5.41, 5.74) is 1.27. The topological polar surface area (TPSA) is 54.9 Å². The van der Waals surface area contributed by atoms with E-state index >= 15 is 0 Å². The minimum atomic E-state index is 0.121. The largest absolute Gasteiger partial charge is 0.488 e. The van der Waals surface area contributed by atoms with Gasteiger partial charge in [-0.15, -0.1) is 0 Å². The number of methoxy groups -OCH3 is 1. The van der Waals surface area contributed by atoms with E-state index in [4.69, 9.17) is 9.47 Å². The molecule has 0 fully saturated rings. The monoisotopic (exact) mass is 291 g/mol. The number of fused-ring (bicyclic) bond motifs is 1. The number of hydrogen-bond acceptors (Lipinski definition) is 3. The van der Waals surface area contributed by atoms with Crippen molar-refractivity contribution < 1.29 is 9.47 Å². The Morgan fingerprint density at radius 3 is 3.00 bits per heavy atom. The Hall–Kier alpha value is -1.75. The zero-order valence-electron chi connectivity index (χ0n) is 13.1. The minimum absolute atomic E-state index is 0.121. The highest BCUT2D eigenvalue weighted by molar-refractivity contribution is 5.80. The van der Waals surface area contributed by atoms with E-state index in [-0.39, 0.29) is 12.1 Å². The molecule has 1 aromatic carbocycles. The lowest BCUT2D eigenvalue weighted by molar-refractivity contribution is 0.179. The van der Waals surface area contributed by atoms with Gasteiger partial charge in [-0.1, -0.05) is 18.2 Å². The first-order chi connectivity index (χ1) is 10.2. The average molecular weight is 291 g/mol. The average Bonchev–Trinajstić information content (AvgIpc) is 2.88. The predicted octanol–water partition coefficient (Wildman–Crippen LogP) is 1.58. The van der Waals surface area contributed by atoms with Crippen molar-refractivity contribution in [1.82, 2.24) is 10.6 Å². The van der Waals surface area contributed by atoms with Crippen LogP contribution in [0.4, 0.5) is 0 Å². The molecule has 1 heterocycles. The fraction of sp³-hybridized carbons (Fsp3) is 0.562. The van der Waals surface area contributed by atoms with Crippen molar-refractivity contribution in [2.24, 2.45) is 4.99 Å². The van der Waals surface area contributed by atoms with Gasteiger partial charge in [0, 0.05) is 26.1 Å². The second kappa shape index (κ2) is 7.88. The lowest BCUT2D eigenvalue weighted by Gasteiger charge is -2.17. The molecule has 2 unspecified atom stereocenters. The standard InChI is InChI=1S/C16H25N3O2/c1-4-17-16(19-12(2)11-20-3)18-10-14-9-13-7-5-6-8-15(13)21-14/h5-8,12,14H,4,9-11H2,1-3H3,(H2,17,18,19). The van der Waals surface area contributed by atoms with Crippen LogP contribution in [0.5, 0.6) is 5.75 Å². The molecule has 1 aliphatic heterocycles. The number of para-hydroxylation sites is 1. The molecule has 2 rings (SSSR count). The molecule has 0 saturated heterocycles. The van der Waals surface area contributed by atoms with Crippen LogP contribution in [-0.4, -0.2) is 44.9 Å². The Bertz CT molecular complexity index is 451. The van der Waals surface area contributed by atoms with Crippen LogP contribution in [-0.2, 0) is 11.2 Å². The van der Waals surface area contributed by atoms with Crippen LogP contribution >= 0.6 is 0 Å². The smallest absolute Gasteiger partial charge is 0.191 e. The summed E-state index contributed by atoms with van der Waals surface area (Å²) in [7, 11) is 1.70. The molecule has 1 aromatic rings. The number of benzene rings is 1. The third kappa shape index (κ3) is 4.63. The van der Waals surface area contributed by atoms with E-state index < -0.39 is 0 Å². The van der Waals surface area contributed by atoms with Crippen molar-refractivity contribution >= 4 is 5.96 Å². The molecule has 0 aromatic heterocycles. The summed E-state index contributed by atoms with van der Waals surface area (Å²) < 4.78 is 11.0. The highest BCUT2D eigenvalue weighted by Crippen LogP contribution is 2.28. The number of hydrogen-bond donors (Lipinski definition) is 2. The van der Waals surface area contributed by atoms with Gasteiger partial charge in [0.15, 0.2) is 5.96 Å². The molecule has 21 heavy (non-hydrogen) atoms. The van der Waals surface area contributed by atoms with Gasteiger partial charge in [0.05, 0.1) is 13.2 Å². The van der Waals surface area contributed by atoms with Gasteiger partial charge >= 0.3 is 0 Å². The zero-order valence-corrected chi connectivity index (χ0v) is 13.1. The molecule has 2 N–H and O–H groups in total. The maximum atomic E-state index is 5.90. The number of nitrogens with one attached hydrogen (secondary N) is 2. The molecule has 0 saturated carbocycles. The Labute approximate surface area is 126 Å². The van der Waals surface area contributed by atoms with E-state index in [1.165, 1.54) is 5.56 Å². The van der Waals surface area contributed by atoms with Crippen LogP contribution in [0.15, 0.2) is 29.3 Å². The van der Waals surface area contributed by atoms with Crippen LogP contribution < -0.4 is 15.4 Å². The van der Waals surface area contributed by atoms with Crippen LogP contribution in [0, 0.1) is 0 Å². The minimum Gasteiger partial charge on any atom is -0.488 e. The summed E-state index contributed by atoms with van der Waals surface area (Å²) in [6, 6.07) is 8.40. The molecule has 5 nitrogen and oxygen atoms in total. The molecular formula is C16H25N3O2. The highest BCUT2D eigenvalue weighted by Gasteiger charge is 2.22. The fourth-order valence-electron chi connectivity index (χ4n) is 2.39. The van der Waals surface area contributed by atoms with Crippen LogP contribution in [0.25, 0.3) is 0 Å². The van der Waals surface area contributed by atoms with Crippen LogP contribution in [0.1, 0.15) is 19.4 Å². The van der Waals surface area contributed by atoms with E-state index in [1.807, 2.05) is 18.2 Å². The van der Waals surface area contributed by atoms with Gasteiger partial charge in [0.2, 0.25) is 0 Å². The Balaban J connectivity index is 1.88. The number of guanidine groups is 1. The predicted molar refractivity (Wildman–Crippen MR) is 85.0 cm³/mol. The van der Waals surface area contributed by atoms with E-state index in [0.717, 1.165) is 24.7 Å². The normalized spacial score (nSPS) is 18.8. The maximum absolute atomic E-state index is 5.90. The SMILES string of the molecule is CCNC(=NCC1Cc2ccccc2O1)NC(C)COC. The van der Waals surface area contributed by atoms with Gasteiger partial charge in [0.1, 0.15) is 11.9 Å². The van der Waals surface area contributed by atoms with Gasteiger partial charge in [-0.25, -0.2) is 4.99 Å². The van der Waals surface area contributed by atoms with Gasteiger partial charge in [-0.2, -0.15) is 0 Å². The third-order valence-corrected chi connectivity index (χ3v) is 3.31.